The third kappa shape index (κ3) is 4.03. The van der Waals surface area contributed by atoms with Gasteiger partial charge in [0, 0.05) is 18.2 Å². The van der Waals surface area contributed by atoms with Crippen molar-refractivity contribution in [3.05, 3.63) is 12.2 Å². The van der Waals surface area contributed by atoms with Crippen LogP contribution >= 0.6 is 11.8 Å². The van der Waals surface area contributed by atoms with E-state index in [0.717, 1.165) is 36.4 Å². The summed E-state index contributed by atoms with van der Waals surface area (Å²) >= 11 is 1.85. The molecule has 1 N–H and O–H groups in total. The average Bonchev–Trinajstić information content (AvgIpc) is 2.89. The van der Waals surface area contributed by atoms with Crippen LogP contribution in [0.25, 0.3) is 0 Å². The van der Waals surface area contributed by atoms with Gasteiger partial charge >= 0.3 is 0 Å². The number of nitrogens with one attached hydrogen (secondary N) is 1. The van der Waals surface area contributed by atoms with Crippen molar-refractivity contribution < 1.29 is 4.52 Å². The standard InChI is InChI=1S/C11H18N4OS/c1-8(2)5-9-6-13-11(17-9)12-4-3-10-14-7-16-15-10/h7-9H,3-6H2,1-2H3,(H,12,13). The molecule has 1 aliphatic rings. The van der Waals surface area contributed by atoms with Crippen LogP contribution in [0.1, 0.15) is 26.1 Å². The van der Waals surface area contributed by atoms with Gasteiger partial charge in [0.05, 0.1) is 6.54 Å². The van der Waals surface area contributed by atoms with Gasteiger partial charge in [-0.05, 0) is 12.3 Å². The van der Waals surface area contributed by atoms with E-state index in [1.165, 1.54) is 12.8 Å². The number of hydrogen-bond acceptors (Lipinski definition) is 6. The van der Waals surface area contributed by atoms with Gasteiger partial charge < -0.3 is 9.84 Å². The number of hydrogen-bond donors (Lipinski definition) is 1. The van der Waals surface area contributed by atoms with E-state index in [-0.39, 0.29) is 0 Å². The molecule has 0 aliphatic carbocycles. The minimum absolute atomic E-state index is 0.641. The van der Waals surface area contributed by atoms with Crippen molar-refractivity contribution in [2.24, 2.45) is 10.9 Å². The predicted octanol–water partition coefficient (Wildman–Crippen LogP) is 1.72. The topological polar surface area (TPSA) is 63.3 Å². The molecule has 0 saturated carbocycles. The van der Waals surface area contributed by atoms with E-state index in [4.69, 9.17) is 0 Å². The van der Waals surface area contributed by atoms with E-state index < -0.39 is 0 Å². The predicted molar refractivity (Wildman–Crippen MR) is 69.1 cm³/mol. The van der Waals surface area contributed by atoms with Crippen LogP contribution in [0.4, 0.5) is 0 Å². The van der Waals surface area contributed by atoms with Crippen molar-refractivity contribution >= 4 is 16.9 Å². The molecule has 0 saturated heterocycles. The minimum Gasteiger partial charge on any atom is -0.364 e. The smallest absolute Gasteiger partial charge is 0.213 e. The zero-order valence-electron chi connectivity index (χ0n) is 10.2. The monoisotopic (exact) mass is 254 g/mol. The Kier molecular flexibility index (Phi) is 4.42. The lowest BCUT2D eigenvalue weighted by Gasteiger charge is -2.10. The summed E-state index contributed by atoms with van der Waals surface area (Å²) in [7, 11) is 0. The van der Waals surface area contributed by atoms with Crippen molar-refractivity contribution in [2.75, 3.05) is 13.1 Å². The molecule has 0 spiro atoms. The molecule has 1 atom stereocenters. The zero-order valence-corrected chi connectivity index (χ0v) is 11.0. The third-order valence-electron chi connectivity index (χ3n) is 2.48. The molecule has 0 aromatic carbocycles. The first-order valence-corrected chi connectivity index (χ1v) is 6.82. The van der Waals surface area contributed by atoms with Gasteiger partial charge in [-0.2, -0.15) is 4.98 Å². The molecule has 2 rings (SSSR count). The molecule has 0 bridgehead atoms. The van der Waals surface area contributed by atoms with Crippen LogP contribution in [-0.2, 0) is 6.42 Å². The number of thioether (sulfide) groups is 1. The van der Waals surface area contributed by atoms with Crippen molar-refractivity contribution in [1.82, 2.24) is 15.5 Å². The highest BCUT2D eigenvalue weighted by molar-refractivity contribution is 8.14. The summed E-state index contributed by atoms with van der Waals surface area (Å²) < 4.78 is 4.67. The fraction of sp³-hybridized carbons (Fsp3) is 0.727. The van der Waals surface area contributed by atoms with Gasteiger partial charge in [0.2, 0.25) is 6.39 Å². The van der Waals surface area contributed by atoms with Gasteiger partial charge in [0.15, 0.2) is 11.0 Å². The lowest BCUT2D eigenvalue weighted by molar-refractivity contribution is 0.410. The second-order valence-electron chi connectivity index (χ2n) is 4.54. The summed E-state index contributed by atoms with van der Waals surface area (Å²) in [6.45, 7) is 6.25. The molecule has 1 aromatic heterocycles. The number of amidine groups is 1. The van der Waals surface area contributed by atoms with Crippen molar-refractivity contribution in [3.63, 3.8) is 0 Å². The second kappa shape index (κ2) is 6.05. The fourth-order valence-electron chi connectivity index (χ4n) is 1.75. The van der Waals surface area contributed by atoms with Crippen molar-refractivity contribution in [1.29, 1.82) is 0 Å². The zero-order chi connectivity index (χ0) is 12.1. The maximum Gasteiger partial charge on any atom is 0.213 e. The molecule has 1 aliphatic heterocycles. The van der Waals surface area contributed by atoms with Crippen LogP contribution in [0.15, 0.2) is 15.9 Å². The van der Waals surface area contributed by atoms with E-state index in [1.807, 2.05) is 11.8 Å². The molecule has 0 amide bonds. The summed E-state index contributed by atoms with van der Waals surface area (Å²) in [5.41, 5.74) is 0. The normalized spacial score (nSPS) is 19.7. The number of rotatable bonds is 5. The molecule has 17 heavy (non-hydrogen) atoms. The maximum atomic E-state index is 4.67. The van der Waals surface area contributed by atoms with Gasteiger partial charge in [-0.15, -0.1) is 0 Å². The Morgan fingerprint density at radius 3 is 3.18 bits per heavy atom. The van der Waals surface area contributed by atoms with Gasteiger partial charge in [-0.1, -0.05) is 30.8 Å². The first kappa shape index (κ1) is 12.4. The Bertz CT molecular complexity index is 364. The van der Waals surface area contributed by atoms with Crippen molar-refractivity contribution in [3.8, 4) is 0 Å². The molecule has 5 nitrogen and oxygen atoms in total. The molecule has 1 unspecified atom stereocenters. The molecule has 0 radical (unpaired) electrons. The summed E-state index contributed by atoms with van der Waals surface area (Å²) in [4.78, 5) is 8.46. The Hall–Kier alpha value is -1.04. The highest BCUT2D eigenvalue weighted by atomic mass is 32.2. The molecule has 0 fully saturated rings. The van der Waals surface area contributed by atoms with Crippen LogP contribution in [-0.4, -0.2) is 33.6 Å². The van der Waals surface area contributed by atoms with E-state index in [9.17, 15) is 0 Å². The fourth-order valence-corrected chi connectivity index (χ4v) is 3.03. The maximum absolute atomic E-state index is 4.67. The molecule has 1 aromatic rings. The van der Waals surface area contributed by atoms with Crippen LogP contribution in [0.5, 0.6) is 0 Å². The van der Waals surface area contributed by atoms with Crippen LogP contribution in [0.3, 0.4) is 0 Å². The van der Waals surface area contributed by atoms with E-state index in [1.54, 1.807) is 0 Å². The second-order valence-corrected chi connectivity index (χ2v) is 5.83. The minimum atomic E-state index is 0.641. The largest absolute Gasteiger partial charge is 0.364 e. The summed E-state index contributed by atoms with van der Waals surface area (Å²) in [6.07, 6.45) is 3.35. The third-order valence-corrected chi connectivity index (χ3v) is 3.65. The first-order chi connectivity index (χ1) is 8.24. The van der Waals surface area contributed by atoms with Gasteiger partial charge in [-0.25, -0.2) is 0 Å². The van der Waals surface area contributed by atoms with Crippen LogP contribution in [0.2, 0.25) is 0 Å². The Morgan fingerprint density at radius 2 is 2.47 bits per heavy atom. The Morgan fingerprint density at radius 1 is 1.59 bits per heavy atom. The summed E-state index contributed by atoms with van der Waals surface area (Å²) in [5, 5.41) is 8.77. The number of aromatic nitrogens is 2. The summed E-state index contributed by atoms with van der Waals surface area (Å²) in [6, 6.07) is 0. The van der Waals surface area contributed by atoms with E-state index >= 15 is 0 Å². The molecule has 6 heteroatoms. The number of aliphatic imine (C=N–C) groups is 1. The SMILES string of the molecule is CC(C)CC1CN=C(NCCc2ncon2)S1. The first-order valence-electron chi connectivity index (χ1n) is 5.94. The summed E-state index contributed by atoms with van der Waals surface area (Å²) in [5.74, 6) is 1.47. The van der Waals surface area contributed by atoms with Crippen LogP contribution in [0, 0.1) is 5.92 Å². The quantitative estimate of drug-likeness (QED) is 0.866. The van der Waals surface area contributed by atoms with Crippen molar-refractivity contribution in [2.45, 2.75) is 31.9 Å². The molecule has 2 heterocycles. The molecule has 94 valence electrons. The Labute approximate surface area is 105 Å². The highest BCUT2D eigenvalue weighted by Crippen LogP contribution is 2.25. The Balaban J connectivity index is 1.64. The van der Waals surface area contributed by atoms with Gasteiger partial charge in [0.1, 0.15) is 0 Å². The van der Waals surface area contributed by atoms with Crippen LogP contribution < -0.4 is 5.32 Å². The van der Waals surface area contributed by atoms with E-state index in [2.05, 4.69) is 38.8 Å². The van der Waals surface area contributed by atoms with Gasteiger partial charge in [0.25, 0.3) is 0 Å². The lowest BCUT2D eigenvalue weighted by atomic mass is 10.1. The average molecular weight is 254 g/mol. The highest BCUT2D eigenvalue weighted by Gasteiger charge is 2.20. The lowest BCUT2D eigenvalue weighted by Crippen LogP contribution is -2.22. The van der Waals surface area contributed by atoms with E-state index in [0.29, 0.717) is 5.25 Å². The van der Waals surface area contributed by atoms with Gasteiger partial charge in [-0.3, -0.25) is 4.99 Å². The number of nitrogens with zero attached hydrogens (tertiary/aromatic N) is 3. The molecular formula is C11H18N4OS. The molecular weight excluding hydrogens is 236 g/mol.